The molecule has 6 nitrogen and oxygen atoms in total. The Morgan fingerprint density at radius 3 is 2.59 bits per heavy atom. The number of carbonyl (C=O) groups is 1. The Morgan fingerprint density at radius 2 is 1.95 bits per heavy atom. The van der Waals surface area contributed by atoms with Gasteiger partial charge in [0.05, 0.1) is 11.5 Å². The fourth-order valence-electron chi connectivity index (χ4n) is 1.95. The lowest BCUT2D eigenvalue weighted by atomic mass is 10.2. The van der Waals surface area contributed by atoms with E-state index in [1.807, 2.05) is 30.3 Å². The van der Waals surface area contributed by atoms with Crippen LogP contribution in [0.15, 0.2) is 48.5 Å². The molecule has 0 bridgehead atoms. The number of rotatable bonds is 5. The molecular formula is C15H14ClN3O3. The lowest BCUT2D eigenvalue weighted by molar-refractivity contribution is -0.383. The van der Waals surface area contributed by atoms with Gasteiger partial charge in [0.2, 0.25) is 5.91 Å². The largest absolute Gasteiger partial charge is 0.365 e. The SMILES string of the molecule is CN(CC(=O)Nc1cc(Cl)ccc1[N+](=O)[O-])c1ccccc1. The average molecular weight is 320 g/mol. The molecule has 2 aromatic carbocycles. The highest BCUT2D eigenvalue weighted by Crippen LogP contribution is 2.27. The minimum Gasteiger partial charge on any atom is -0.365 e. The zero-order valence-electron chi connectivity index (χ0n) is 11.8. The number of para-hydroxylation sites is 1. The van der Waals surface area contributed by atoms with Crippen molar-refractivity contribution in [3.63, 3.8) is 0 Å². The Balaban J connectivity index is 2.09. The van der Waals surface area contributed by atoms with Gasteiger partial charge < -0.3 is 10.2 Å². The highest BCUT2D eigenvalue weighted by molar-refractivity contribution is 6.31. The number of benzene rings is 2. The van der Waals surface area contributed by atoms with E-state index in [9.17, 15) is 14.9 Å². The van der Waals surface area contributed by atoms with Crippen molar-refractivity contribution in [1.29, 1.82) is 0 Å². The quantitative estimate of drug-likeness (QED) is 0.677. The van der Waals surface area contributed by atoms with Gasteiger partial charge in [0.25, 0.3) is 5.69 Å². The predicted molar refractivity (Wildman–Crippen MR) is 86.4 cm³/mol. The van der Waals surface area contributed by atoms with Crippen LogP contribution in [-0.2, 0) is 4.79 Å². The smallest absolute Gasteiger partial charge is 0.292 e. The molecule has 0 fully saturated rings. The maximum absolute atomic E-state index is 12.1. The van der Waals surface area contributed by atoms with Crippen molar-refractivity contribution in [3.05, 3.63) is 63.7 Å². The molecule has 0 unspecified atom stereocenters. The molecule has 0 heterocycles. The summed E-state index contributed by atoms with van der Waals surface area (Å²) in [5.41, 5.74) is 0.766. The van der Waals surface area contributed by atoms with E-state index in [0.29, 0.717) is 5.02 Å². The van der Waals surface area contributed by atoms with Gasteiger partial charge in [0.15, 0.2) is 0 Å². The van der Waals surface area contributed by atoms with Crippen LogP contribution in [0.5, 0.6) is 0 Å². The van der Waals surface area contributed by atoms with Crippen molar-refractivity contribution in [2.24, 2.45) is 0 Å². The molecule has 1 N–H and O–H groups in total. The van der Waals surface area contributed by atoms with Gasteiger partial charge in [-0.1, -0.05) is 29.8 Å². The molecule has 2 aromatic rings. The lowest BCUT2D eigenvalue weighted by Crippen LogP contribution is -2.30. The molecule has 22 heavy (non-hydrogen) atoms. The maximum atomic E-state index is 12.1. The number of anilines is 2. The summed E-state index contributed by atoms with van der Waals surface area (Å²) in [5, 5.41) is 13.8. The summed E-state index contributed by atoms with van der Waals surface area (Å²) in [4.78, 5) is 24.2. The maximum Gasteiger partial charge on any atom is 0.292 e. The van der Waals surface area contributed by atoms with Crippen molar-refractivity contribution in [1.82, 2.24) is 0 Å². The number of nitrogens with one attached hydrogen (secondary N) is 1. The van der Waals surface area contributed by atoms with Gasteiger partial charge in [-0.15, -0.1) is 0 Å². The van der Waals surface area contributed by atoms with Crippen LogP contribution in [0.3, 0.4) is 0 Å². The molecule has 1 amide bonds. The summed E-state index contributed by atoms with van der Waals surface area (Å²) in [6, 6.07) is 13.4. The number of nitro benzene ring substituents is 1. The first kappa shape index (κ1) is 15.8. The second-order valence-corrected chi connectivity index (χ2v) is 5.09. The molecule has 0 spiro atoms. The van der Waals surface area contributed by atoms with E-state index >= 15 is 0 Å². The van der Waals surface area contributed by atoms with Gasteiger partial charge in [0.1, 0.15) is 5.69 Å². The molecule has 0 aliphatic rings. The number of carbonyl (C=O) groups excluding carboxylic acids is 1. The zero-order chi connectivity index (χ0) is 16.1. The van der Waals surface area contributed by atoms with Crippen LogP contribution >= 0.6 is 11.6 Å². The van der Waals surface area contributed by atoms with Gasteiger partial charge >= 0.3 is 0 Å². The Labute approximate surface area is 132 Å². The topological polar surface area (TPSA) is 75.5 Å². The monoisotopic (exact) mass is 319 g/mol. The molecule has 114 valence electrons. The fraction of sp³-hybridized carbons (Fsp3) is 0.133. The Hall–Kier alpha value is -2.60. The van der Waals surface area contributed by atoms with Crippen molar-refractivity contribution in [3.8, 4) is 0 Å². The molecule has 0 atom stereocenters. The summed E-state index contributed by atoms with van der Waals surface area (Å²) in [5.74, 6) is -0.364. The summed E-state index contributed by atoms with van der Waals surface area (Å²) in [6.07, 6.45) is 0. The molecule has 0 radical (unpaired) electrons. The average Bonchev–Trinajstić information content (AvgIpc) is 2.47. The number of nitrogens with zero attached hydrogens (tertiary/aromatic N) is 2. The number of halogens is 1. The van der Waals surface area contributed by atoms with Crippen LogP contribution in [0.4, 0.5) is 17.1 Å². The van der Waals surface area contributed by atoms with Gasteiger partial charge in [-0.3, -0.25) is 14.9 Å². The fourth-order valence-corrected chi connectivity index (χ4v) is 2.12. The van der Waals surface area contributed by atoms with E-state index < -0.39 is 4.92 Å². The molecule has 0 saturated carbocycles. The van der Waals surface area contributed by atoms with Crippen LogP contribution in [0, 0.1) is 10.1 Å². The van der Waals surface area contributed by atoms with Crippen LogP contribution < -0.4 is 10.2 Å². The molecule has 0 aliphatic heterocycles. The minimum atomic E-state index is -0.563. The second-order valence-electron chi connectivity index (χ2n) is 4.66. The summed E-state index contributed by atoms with van der Waals surface area (Å²) >= 11 is 5.82. The van der Waals surface area contributed by atoms with Gasteiger partial charge in [0, 0.05) is 23.8 Å². The lowest BCUT2D eigenvalue weighted by Gasteiger charge is -2.18. The highest BCUT2D eigenvalue weighted by atomic mass is 35.5. The van der Waals surface area contributed by atoms with Crippen molar-refractivity contribution in [2.75, 3.05) is 23.8 Å². The number of amides is 1. The summed E-state index contributed by atoms with van der Waals surface area (Å²) in [6.45, 7) is 0.0632. The van der Waals surface area contributed by atoms with Crippen LogP contribution in [0.2, 0.25) is 5.02 Å². The number of hydrogen-bond donors (Lipinski definition) is 1. The van der Waals surface area contributed by atoms with E-state index in [-0.39, 0.29) is 23.8 Å². The van der Waals surface area contributed by atoms with Gasteiger partial charge in [-0.05, 0) is 24.3 Å². The number of nitro groups is 1. The third-order valence-electron chi connectivity index (χ3n) is 3.01. The van der Waals surface area contributed by atoms with Crippen molar-refractivity contribution in [2.45, 2.75) is 0 Å². The molecule has 0 aliphatic carbocycles. The molecular weight excluding hydrogens is 306 g/mol. The standard InChI is InChI=1S/C15H14ClN3O3/c1-18(12-5-3-2-4-6-12)10-15(20)17-13-9-11(16)7-8-14(13)19(21)22/h2-9H,10H2,1H3,(H,17,20). The predicted octanol–water partition coefficient (Wildman–Crippen LogP) is 3.32. The minimum absolute atomic E-state index is 0.0632. The van der Waals surface area contributed by atoms with E-state index in [1.165, 1.54) is 18.2 Å². The molecule has 7 heteroatoms. The Morgan fingerprint density at radius 1 is 1.27 bits per heavy atom. The van der Waals surface area contributed by atoms with E-state index in [1.54, 1.807) is 11.9 Å². The third-order valence-corrected chi connectivity index (χ3v) is 3.24. The van der Waals surface area contributed by atoms with Crippen LogP contribution in [0.1, 0.15) is 0 Å². The van der Waals surface area contributed by atoms with Crippen LogP contribution in [0.25, 0.3) is 0 Å². The number of likely N-dealkylation sites (N-methyl/N-ethyl adjacent to an activating group) is 1. The Bertz CT molecular complexity index is 692. The first-order valence-electron chi connectivity index (χ1n) is 6.47. The van der Waals surface area contributed by atoms with Crippen molar-refractivity contribution >= 4 is 34.6 Å². The van der Waals surface area contributed by atoms with Gasteiger partial charge in [-0.2, -0.15) is 0 Å². The first-order valence-corrected chi connectivity index (χ1v) is 6.85. The number of hydrogen-bond acceptors (Lipinski definition) is 4. The van der Waals surface area contributed by atoms with Crippen LogP contribution in [-0.4, -0.2) is 24.4 Å². The summed E-state index contributed by atoms with van der Waals surface area (Å²) in [7, 11) is 1.77. The highest BCUT2D eigenvalue weighted by Gasteiger charge is 2.17. The van der Waals surface area contributed by atoms with Gasteiger partial charge in [-0.25, -0.2) is 0 Å². The van der Waals surface area contributed by atoms with E-state index in [2.05, 4.69) is 5.32 Å². The zero-order valence-corrected chi connectivity index (χ0v) is 12.6. The normalized spacial score (nSPS) is 10.1. The third kappa shape index (κ3) is 3.95. The molecule has 2 rings (SSSR count). The first-order chi connectivity index (χ1) is 10.5. The van der Waals surface area contributed by atoms with E-state index in [0.717, 1.165) is 5.69 Å². The molecule has 0 saturated heterocycles. The second kappa shape index (κ2) is 6.91. The Kier molecular flexibility index (Phi) is 4.95. The summed E-state index contributed by atoms with van der Waals surface area (Å²) < 4.78 is 0. The molecule has 0 aromatic heterocycles. The van der Waals surface area contributed by atoms with E-state index in [4.69, 9.17) is 11.6 Å². The van der Waals surface area contributed by atoms with Crippen molar-refractivity contribution < 1.29 is 9.72 Å².